The van der Waals surface area contributed by atoms with Gasteiger partial charge in [0.05, 0.1) is 12.6 Å². The SMILES string of the molecule is CN(CCCCCCOc1ccc(C(N)c2ccc(Br)cc2)c(F)c1)C(=O)OC(C)(C)C. The Morgan fingerprint density at radius 1 is 1.09 bits per heavy atom. The summed E-state index contributed by atoms with van der Waals surface area (Å²) in [5.41, 5.74) is 7.03. The molecule has 2 aromatic carbocycles. The third-order valence-electron chi connectivity index (χ3n) is 4.90. The Bertz CT molecular complexity index is 868. The number of benzene rings is 2. The van der Waals surface area contributed by atoms with Gasteiger partial charge in [-0.05, 0) is 57.4 Å². The number of amides is 1. The van der Waals surface area contributed by atoms with Crippen LogP contribution in [0.1, 0.15) is 63.6 Å². The summed E-state index contributed by atoms with van der Waals surface area (Å²) in [6.45, 7) is 6.74. The molecule has 5 nitrogen and oxygen atoms in total. The zero-order valence-electron chi connectivity index (χ0n) is 19.4. The zero-order chi connectivity index (χ0) is 23.7. The first-order valence-electron chi connectivity index (χ1n) is 10.9. The van der Waals surface area contributed by atoms with Crippen LogP contribution in [0.15, 0.2) is 46.9 Å². The Hall–Kier alpha value is -2.12. The van der Waals surface area contributed by atoms with Gasteiger partial charge in [0.25, 0.3) is 0 Å². The molecule has 176 valence electrons. The maximum absolute atomic E-state index is 14.6. The molecule has 0 radical (unpaired) electrons. The van der Waals surface area contributed by atoms with Crippen LogP contribution in [-0.2, 0) is 4.74 Å². The molecule has 0 aliphatic heterocycles. The normalized spacial score (nSPS) is 12.3. The lowest BCUT2D eigenvalue weighted by atomic mass is 9.99. The van der Waals surface area contributed by atoms with Crippen LogP contribution in [0.3, 0.4) is 0 Å². The van der Waals surface area contributed by atoms with Crippen molar-refractivity contribution in [3.63, 3.8) is 0 Å². The highest BCUT2D eigenvalue weighted by Gasteiger charge is 2.19. The van der Waals surface area contributed by atoms with E-state index in [2.05, 4.69) is 15.9 Å². The van der Waals surface area contributed by atoms with E-state index >= 15 is 0 Å². The number of ether oxygens (including phenoxy) is 2. The van der Waals surface area contributed by atoms with E-state index in [1.807, 2.05) is 45.0 Å². The first-order chi connectivity index (χ1) is 15.1. The summed E-state index contributed by atoms with van der Waals surface area (Å²) in [6, 6.07) is 11.8. The van der Waals surface area contributed by atoms with Gasteiger partial charge in [-0.25, -0.2) is 9.18 Å². The molecule has 0 aliphatic carbocycles. The molecule has 1 amide bonds. The van der Waals surface area contributed by atoms with E-state index in [9.17, 15) is 9.18 Å². The topological polar surface area (TPSA) is 64.8 Å². The van der Waals surface area contributed by atoms with Gasteiger partial charge in [-0.15, -0.1) is 0 Å². The van der Waals surface area contributed by atoms with Gasteiger partial charge in [0.15, 0.2) is 0 Å². The van der Waals surface area contributed by atoms with Gasteiger partial charge in [-0.2, -0.15) is 0 Å². The highest BCUT2D eigenvalue weighted by atomic mass is 79.9. The Morgan fingerprint density at radius 3 is 2.38 bits per heavy atom. The third-order valence-corrected chi connectivity index (χ3v) is 5.43. The quantitative estimate of drug-likeness (QED) is 0.375. The van der Waals surface area contributed by atoms with Crippen molar-refractivity contribution in [1.82, 2.24) is 4.90 Å². The Kier molecular flexibility index (Phi) is 9.97. The van der Waals surface area contributed by atoms with Crippen LogP contribution in [0, 0.1) is 5.82 Å². The molecule has 0 aromatic heterocycles. The average Bonchev–Trinajstić information content (AvgIpc) is 2.72. The van der Waals surface area contributed by atoms with Crippen LogP contribution in [0.2, 0.25) is 0 Å². The van der Waals surface area contributed by atoms with Gasteiger partial charge in [-0.3, -0.25) is 0 Å². The largest absolute Gasteiger partial charge is 0.493 e. The smallest absolute Gasteiger partial charge is 0.410 e. The molecule has 7 heteroatoms. The number of hydrogen-bond acceptors (Lipinski definition) is 4. The van der Waals surface area contributed by atoms with Crippen molar-refractivity contribution in [3.8, 4) is 5.75 Å². The molecule has 0 saturated heterocycles. The van der Waals surface area contributed by atoms with E-state index in [1.54, 1.807) is 24.1 Å². The van der Waals surface area contributed by atoms with E-state index in [4.69, 9.17) is 15.2 Å². The summed E-state index contributed by atoms with van der Waals surface area (Å²) in [6.07, 6.45) is 3.40. The van der Waals surface area contributed by atoms with Gasteiger partial charge in [0.2, 0.25) is 0 Å². The van der Waals surface area contributed by atoms with Crippen molar-refractivity contribution >= 4 is 22.0 Å². The summed E-state index contributed by atoms with van der Waals surface area (Å²) in [4.78, 5) is 13.5. The molecule has 32 heavy (non-hydrogen) atoms. The Morgan fingerprint density at radius 2 is 1.75 bits per heavy atom. The molecule has 1 atom stereocenters. The van der Waals surface area contributed by atoms with Gasteiger partial charge in [0, 0.05) is 29.7 Å². The first kappa shape index (κ1) is 26.1. The fraction of sp³-hybridized carbons (Fsp3) is 0.480. The fourth-order valence-electron chi connectivity index (χ4n) is 3.13. The minimum absolute atomic E-state index is 0.300. The van der Waals surface area contributed by atoms with Crippen LogP contribution >= 0.6 is 15.9 Å². The molecule has 1 unspecified atom stereocenters. The van der Waals surface area contributed by atoms with Crippen LogP contribution in [0.4, 0.5) is 9.18 Å². The maximum atomic E-state index is 14.6. The molecule has 0 heterocycles. The number of nitrogens with zero attached hydrogens (tertiary/aromatic N) is 1. The van der Waals surface area contributed by atoms with E-state index in [0.29, 0.717) is 24.5 Å². The van der Waals surface area contributed by atoms with E-state index in [1.165, 1.54) is 6.07 Å². The second kappa shape index (κ2) is 12.2. The predicted molar refractivity (Wildman–Crippen MR) is 129 cm³/mol. The summed E-state index contributed by atoms with van der Waals surface area (Å²) < 4.78 is 26.6. The second-order valence-corrected chi connectivity index (χ2v) is 9.79. The third kappa shape index (κ3) is 8.79. The monoisotopic (exact) mass is 508 g/mol. The molecule has 0 aliphatic rings. The summed E-state index contributed by atoms with van der Waals surface area (Å²) in [5.74, 6) is 0.127. The lowest BCUT2D eigenvalue weighted by Gasteiger charge is -2.24. The number of rotatable bonds is 10. The van der Waals surface area contributed by atoms with E-state index in [-0.39, 0.29) is 11.9 Å². The fourth-order valence-corrected chi connectivity index (χ4v) is 3.39. The van der Waals surface area contributed by atoms with Crippen molar-refractivity contribution in [1.29, 1.82) is 0 Å². The second-order valence-electron chi connectivity index (χ2n) is 8.88. The molecule has 0 fully saturated rings. The highest BCUT2D eigenvalue weighted by Crippen LogP contribution is 2.26. The van der Waals surface area contributed by atoms with Gasteiger partial charge >= 0.3 is 6.09 Å². The summed E-state index contributed by atoms with van der Waals surface area (Å²) >= 11 is 3.39. The van der Waals surface area contributed by atoms with Crippen LogP contribution < -0.4 is 10.5 Å². The number of nitrogens with two attached hydrogens (primary N) is 1. The van der Waals surface area contributed by atoms with Crippen molar-refractivity contribution < 1.29 is 18.7 Å². The maximum Gasteiger partial charge on any atom is 0.410 e. The Labute approximate surface area is 199 Å². The molecule has 0 spiro atoms. The van der Waals surface area contributed by atoms with E-state index < -0.39 is 11.6 Å². The van der Waals surface area contributed by atoms with Crippen LogP contribution in [0.25, 0.3) is 0 Å². The van der Waals surface area contributed by atoms with Crippen LogP contribution in [0.5, 0.6) is 5.75 Å². The van der Waals surface area contributed by atoms with Crippen molar-refractivity contribution in [3.05, 3.63) is 63.9 Å². The lowest BCUT2D eigenvalue weighted by molar-refractivity contribution is 0.0296. The van der Waals surface area contributed by atoms with Crippen LogP contribution in [-0.4, -0.2) is 36.8 Å². The number of hydrogen-bond donors (Lipinski definition) is 1. The highest BCUT2D eigenvalue weighted by molar-refractivity contribution is 9.10. The molecule has 2 N–H and O–H groups in total. The number of carbonyl (C=O) groups is 1. The summed E-state index contributed by atoms with van der Waals surface area (Å²) in [5, 5.41) is 0. The summed E-state index contributed by atoms with van der Waals surface area (Å²) in [7, 11) is 1.75. The van der Waals surface area contributed by atoms with Crippen molar-refractivity contribution in [2.75, 3.05) is 20.2 Å². The molecule has 0 bridgehead atoms. The van der Waals surface area contributed by atoms with Crippen molar-refractivity contribution in [2.24, 2.45) is 5.73 Å². The lowest BCUT2D eigenvalue weighted by Crippen LogP contribution is -2.34. The Balaban J connectivity index is 1.69. The minimum Gasteiger partial charge on any atom is -0.493 e. The standard InChI is InChI=1S/C25H34BrFN2O3/c1-25(2,3)32-24(30)29(4)15-7-5-6-8-16-31-20-13-14-21(22(27)17-20)23(28)18-9-11-19(26)12-10-18/h9-14,17,23H,5-8,15-16,28H2,1-4H3. The van der Waals surface area contributed by atoms with Gasteiger partial charge in [0.1, 0.15) is 17.2 Å². The first-order valence-corrected chi connectivity index (χ1v) is 11.7. The molecular weight excluding hydrogens is 475 g/mol. The van der Waals surface area contributed by atoms with Gasteiger partial charge < -0.3 is 20.1 Å². The minimum atomic E-state index is -0.532. The zero-order valence-corrected chi connectivity index (χ0v) is 21.0. The number of unbranched alkanes of at least 4 members (excludes halogenated alkanes) is 3. The molecular formula is C25H34BrFN2O3. The number of halogens is 2. The van der Waals surface area contributed by atoms with Gasteiger partial charge in [-0.1, -0.05) is 47.0 Å². The average molecular weight is 509 g/mol. The number of carbonyl (C=O) groups excluding carboxylic acids is 1. The molecule has 2 rings (SSSR count). The molecule has 2 aromatic rings. The molecule has 0 saturated carbocycles. The van der Waals surface area contributed by atoms with Crippen molar-refractivity contribution in [2.45, 2.75) is 58.1 Å². The van der Waals surface area contributed by atoms with E-state index in [0.717, 1.165) is 35.7 Å². The predicted octanol–water partition coefficient (Wildman–Crippen LogP) is 6.44.